The maximum absolute atomic E-state index is 11.2. The highest BCUT2D eigenvalue weighted by molar-refractivity contribution is 6.74. The lowest BCUT2D eigenvalue weighted by atomic mass is 10.1. The van der Waals surface area contributed by atoms with E-state index in [2.05, 4.69) is 38.6 Å². The summed E-state index contributed by atoms with van der Waals surface area (Å²) in [4.78, 5) is 22.3. The Bertz CT molecular complexity index is 423. The molecule has 0 saturated heterocycles. The van der Waals surface area contributed by atoms with E-state index in [1.807, 2.05) is 6.92 Å². The quantitative estimate of drug-likeness (QED) is 0.380. The van der Waals surface area contributed by atoms with Crippen molar-refractivity contribution >= 4 is 20.3 Å². The minimum Gasteiger partial charge on any atom is -0.466 e. The number of ether oxygens (including phenoxy) is 2. The van der Waals surface area contributed by atoms with Crippen LogP contribution in [0.3, 0.4) is 0 Å². The summed E-state index contributed by atoms with van der Waals surface area (Å²) in [6.07, 6.45) is 3.82. The van der Waals surface area contributed by atoms with E-state index in [1.165, 1.54) is 20.1 Å². The highest BCUT2D eigenvalue weighted by Crippen LogP contribution is 2.37. The van der Waals surface area contributed by atoms with E-state index in [0.717, 1.165) is 6.42 Å². The molecule has 0 unspecified atom stereocenters. The average molecular weight is 345 g/mol. The predicted molar refractivity (Wildman–Crippen MR) is 93.7 cm³/mol. The van der Waals surface area contributed by atoms with E-state index in [0.29, 0.717) is 6.42 Å². The minimum atomic E-state index is -1.81. The van der Waals surface area contributed by atoms with Gasteiger partial charge >= 0.3 is 11.9 Å². The molecule has 0 rings (SSSR count). The topological polar surface area (TPSA) is 61.8 Å². The van der Waals surface area contributed by atoms with Gasteiger partial charge in [-0.05, 0) is 44.0 Å². The Labute approximate surface area is 141 Å². The number of rotatable bonds is 8. The summed E-state index contributed by atoms with van der Waals surface area (Å²) >= 11 is 0. The molecule has 0 aliphatic heterocycles. The van der Waals surface area contributed by atoms with Crippen molar-refractivity contribution in [3.8, 4) is 0 Å². The Balaban J connectivity index is 4.63. The zero-order valence-electron chi connectivity index (χ0n) is 15.8. The van der Waals surface area contributed by atoms with Gasteiger partial charge in [-0.3, -0.25) is 4.79 Å². The predicted octanol–water partition coefficient (Wildman–Crippen LogP) is 3.84. The summed E-state index contributed by atoms with van der Waals surface area (Å²) in [5.74, 6) is -0.838. The van der Waals surface area contributed by atoms with Gasteiger partial charge in [-0.2, -0.15) is 0 Å². The first-order valence-corrected chi connectivity index (χ1v) is 10.9. The van der Waals surface area contributed by atoms with Gasteiger partial charge in [0.15, 0.2) is 8.32 Å². The Morgan fingerprint density at radius 3 is 2.17 bits per heavy atom. The van der Waals surface area contributed by atoms with Gasteiger partial charge < -0.3 is 13.9 Å². The van der Waals surface area contributed by atoms with Crippen LogP contribution in [0.5, 0.6) is 0 Å². The number of methoxy groups -OCH3 is 1. The standard InChI is InChI=1S/C17H32O5Si/c1-13(22-23(7,8)17(3,4)5)9-10-15(21-14(2)18)11-12-16(19)20-6/h11-13,15H,9-10H2,1-8H3/b12-11+/t13-,15-/m0/s1. The van der Waals surface area contributed by atoms with Crippen LogP contribution in [0.1, 0.15) is 47.5 Å². The lowest BCUT2D eigenvalue weighted by molar-refractivity contribution is -0.145. The van der Waals surface area contributed by atoms with Gasteiger partial charge in [0.05, 0.1) is 7.11 Å². The molecule has 2 atom stereocenters. The van der Waals surface area contributed by atoms with E-state index in [-0.39, 0.29) is 17.1 Å². The second kappa shape index (κ2) is 9.23. The van der Waals surface area contributed by atoms with Crippen molar-refractivity contribution in [1.29, 1.82) is 0 Å². The average Bonchev–Trinajstić information content (AvgIpc) is 2.39. The fourth-order valence-corrected chi connectivity index (χ4v) is 3.28. The lowest BCUT2D eigenvalue weighted by Gasteiger charge is -2.38. The molecule has 0 radical (unpaired) electrons. The lowest BCUT2D eigenvalue weighted by Crippen LogP contribution is -2.43. The van der Waals surface area contributed by atoms with Crippen molar-refractivity contribution in [3.63, 3.8) is 0 Å². The van der Waals surface area contributed by atoms with Crippen LogP contribution in [-0.4, -0.2) is 39.6 Å². The minimum absolute atomic E-state index is 0.0699. The van der Waals surface area contributed by atoms with Crippen LogP contribution in [0.2, 0.25) is 18.1 Å². The molecular weight excluding hydrogens is 312 g/mol. The van der Waals surface area contributed by atoms with Gasteiger partial charge in [-0.15, -0.1) is 0 Å². The number of carbonyl (C=O) groups excluding carboxylic acids is 2. The van der Waals surface area contributed by atoms with Gasteiger partial charge in [0.2, 0.25) is 0 Å². The Morgan fingerprint density at radius 1 is 1.17 bits per heavy atom. The molecule has 0 amide bonds. The molecule has 0 spiro atoms. The van der Waals surface area contributed by atoms with Gasteiger partial charge in [0.1, 0.15) is 6.10 Å². The van der Waals surface area contributed by atoms with E-state index < -0.39 is 20.4 Å². The molecule has 0 bridgehead atoms. The zero-order chi connectivity index (χ0) is 18.3. The van der Waals surface area contributed by atoms with Gasteiger partial charge in [0, 0.05) is 19.1 Å². The first-order valence-electron chi connectivity index (χ1n) is 8.00. The molecule has 23 heavy (non-hydrogen) atoms. The molecule has 0 saturated carbocycles. The third kappa shape index (κ3) is 8.91. The normalized spacial score (nSPS) is 15.3. The van der Waals surface area contributed by atoms with Gasteiger partial charge in [-0.25, -0.2) is 4.79 Å². The summed E-state index contributed by atoms with van der Waals surface area (Å²) in [7, 11) is -0.506. The Hall–Kier alpha value is -1.14. The molecule has 0 aliphatic rings. The fraction of sp³-hybridized carbons (Fsp3) is 0.765. The molecule has 0 fully saturated rings. The third-order valence-electron chi connectivity index (χ3n) is 4.13. The van der Waals surface area contributed by atoms with Crippen molar-refractivity contribution in [2.24, 2.45) is 0 Å². The second-order valence-corrected chi connectivity index (χ2v) is 12.1. The Kier molecular flexibility index (Phi) is 8.77. The van der Waals surface area contributed by atoms with Crippen LogP contribution in [-0.2, 0) is 23.5 Å². The summed E-state index contributed by atoms with van der Waals surface area (Å²) in [6.45, 7) is 14.4. The van der Waals surface area contributed by atoms with Crippen LogP contribution in [0.25, 0.3) is 0 Å². The summed E-state index contributed by atoms with van der Waals surface area (Å²) in [6, 6.07) is 0. The first kappa shape index (κ1) is 21.9. The van der Waals surface area contributed by atoms with E-state index in [9.17, 15) is 9.59 Å². The highest BCUT2D eigenvalue weighted by atomic mass is 28.4. The maximum atomic E-state index is 11.2. The number of hydrogen-bond donors (Lipinski definition) is 0. The SMILES string of the molecule is COC(=O)/C=C/[C@H](CC[C@H](C)O[Si](C)(C)C(C)(C)C)OC(C)=O. The maximum Gasteiger partial charge on any atom is 0.330 e. The van der Waals surface area contributed by atoms with Crippen molar-refractivity contribution in [2.45, 2.75) is 77.8 Å². The molecule has 0 N–H and O–H groups in total. The number of hydrogen-bond acceptors (Lipinski definition) is 5. The van der Waals surface area contributed by atoms with Crippen molar-refractivity contribution < 1.29 is 23.5 Å². The largest absolute Gasteiger partial charge is 0.466 e. The van der Waals surface area contributed by atoms with Crippen molar-refractivity contribution in [3.05, 3.63) is 12.2 Å². The molecule has 0 aromatic carbocycles. The van der Waals surface area contributed by atoms with E-state index in [4.69, 9.17) is 9.16 Å². The summed E-state index contributed by atoms with van der Waals surface area (Å²) in [5, 5.41) is 0.154. The smallest absolute Gasteiger partial charge is 0.330 e. The van der Waals surface area contributed by atoms with E-state index >= 15 is 0 Å². The highest BCUT2D eigenvalue weighted by Gasteiger charge is 2.38. The number of carbonyl (C=O) groups is 2. The third-order valence-corrected chi connectivity index (χ3v) is 8.73. The van der Waals surface area contributed by atoms with Crippen molar-refractivity contribution in [1.82, 2.24) is 0 Å². The number of esters is 2. The molecule has 0 aliphatic carbocycles. The van der Waals surface area contributed by atoms with Gasteiger partial charge in [0.25, 0.3) is 0 Å². The molecule has 0 aromatic heterocycles. The molecule has 134 valence electrons. The van der Waals surface area contributed by atoms with Crippen molar-refractivity contribution in [2.75, 3.05) is 7.11 Å². The molecule has 5 nitrogen and oxygen atoms in total. The molecule has 0 heterocycles. The Morgan fingerprint density at radius 2 is 1.74 bits per heavy atom. The van der Waals surface area contributed by atoms with Gasteiger partial charge in [-0.1, -0.05) is 20.8 Å². The van der Waals surface area contributed by atoms with E-state index in [1.54, 1.807) is 6.08 Å². The summed E-state index contributed by atoms with van der Waals surface area (Å²) in [5.41, 5.74) is 0. The fourth-order valence-electron chi connectivity index (χ4n) is 1.80. The monoisotopic (exact) mass is 344 g/mol. The van der Waals surface area contributed by atoms with Crippen LogP contribution in [0, 0.1) is 0 Å². The molecular formula is C17H32O5Si. The zero-order valence-corrected chi connectivity index (χ0v) is 16.8. The molecule has 0 aromatic rings. The van der Waals surface area contributed by atoms with Crippen LogP contribution in [0.15, 0.2) is 12.2 Å². The summed E-state index contributed by atoms with van der Waals surface area (Å²) < 4.78 is 16.1. The van der Waals surface area contributed by atoms with Crippen LogP contribution in [0.4, 0.5) is 0 Å². The molecule has 6 heteroatoms. The first-order chi connectivity index (χ1) is 10.4. The second-order valence-electron chi connectivity index (χ2n) is 7.30. The van der Waals surface area contributed by atoms with Crippen LogP contribution >= 0.6 is 0 Å². The van der Waals surface area contributed by atoms with Crippen LogP contribution < -0.4 is 0 Å².